The van der Waals surface area contributed by atoms with E-state index < -0.39 is 11.7 Å². The Morgan fingerprint density at radius 1 is 1.19 bits per heavy atom. The Hall–Kier alpha value is -2.18. The molecule has 0 saturated heterocycles. The Morgan fingerprint density at radius 3 is 2.77 bits per heavy atom. The molecule has 7 nitrogen and oxygen atoms in total. The van der Waals surface area contributed by atoms with Gasteiger partial charge < -0.3 is 25.1 Å². The summed E-state index contributed by atoms with van der Waals surface area (Å²) >= 11 is 3.49. The zero-order chi connectivity index (χ0) is 21.6. The van der Waals surface area contributed by atoms with Crippen LogP contribution in [0.1, 0.15) is 27.2 Å². The number of hydrogen-bond donors (Lipinski definition) is 1. The van der Waals surface area contributed by atoms with E-state index >= 15 is 0 Å². The van der Waals surface area contributed by atoms with Crippen molar-refractivity contribution in [3.8, 4) is 5.75 Å². The van der Waals surface area contributed by atoms with E-state index in [2.05, 4.69) is 36.5 Å². The minimum absolute atomic E-state index is 0. The summed E-state index contributed by atoms with van der Waals surface area (Å²) in [5.74, 6) is 1.25. The molecule has 0 spiro atoms. The average Bonchev–Trinajstić information content (AvgIpc) is 2.68. The largest absolute Gasteiger partial charge is 0.492 e. The number of fused-ring (bicyclic) bond motifs is 1. The molecule has 1 aromatic carbocycles. The number of hydrogen-bond acceptors (Lipinski definition) is 5. The monoisotopic (exact) mass is 655 g/mol. The zero-order valence-corrected chi connectivity index (χ0v) is 22.1. The number of alkyl carbamates (subject to hydrolysis) is 1. The second-order valence-corrected chi connectivity index (χ2v) is 8.43. The smallest absolute Gasteiger partial charge is 0.407 e. The van der Waals surface area contributed by atoms with Crippen LogP contribution < -0.4 is 10.1 Å². The first-order valence-corrected chi connectivity index (χ1v) is 10.4. The SMILES string of the molecule is CC(C)(C)OC(=O)NCCCOc1cc([N-]c2ccc3cccnc3n2)ccc1Br.[W]. The quantitative estimate of drug-likeness (QED) is 0.315. The van der Waals surface area contributed by atoms with Gasteiger partial charge >= 0.3 is 6.09 Å². The number of aromatic nitrogens is 2. The Kier molecular flexibility index (Phi) is 9.26. The van der Waals surface area contributed by atoms with Crippen LogP contribution in [0.5, 0.6) is 5.75 Å². The minimum Gasteiger partial charge on any atom is -0.492 e. The van der Waals surface area contributed by atoms with Gasteiger partial charge in [0.25, 0.3) is 0 Å². The van der Waals surface area contributed by atoms with Crippen LogP contribution in [0.2, 0.25) is 0 Å². The summed E-state index contributed by atoms with van der Waals surface area (Å²) < 4.78 is 11.9. The van der Waals surface area contributed by atoms with Crippen LogP contribution >= 0.6 is 15.9 Å². The van der Waals surface area contributed by atoms with Crippen molar-refractivity contribution in [2.75, 3.05) is 13.2 Å². The molecule has 0 aliphatic carbocycles. The molecule has 1 N–H and O–H groups in total. The van der Waals surface area contributed by atoms with Gasteiger partial charge in [-0.3, -0.25) is 4.98 Å². The maximum atomic E-state index is 11.6. The van der Waals surface area contributed by atoms with Crippen molar-refractivity contribution >= 4 is 44.6 Å². The second kappa shape index (κ2) is 11.4. The van der Waals surface area contributed by atoms with E-state index in [1.54, 1.807) is 6.20 Å². The Balaban J connectivity index is 0.00000341. The molecule has 3 aromatic rings. The molecule has 1 amide bonds. The van der Waals surface area contributed by atoms with Crippen molar-refractivity contribution in [2.24, 2.45) is 0 Å². The van der Waals surface area contributed by atoms with E-state index in [9.17, 15) is 4.79 Å². The topological polar surface area (TPSA) is 87.4 Å². The predicted molar refractivity (Wildman–Crippen MR) is 121 cm³/mol. The van der Waals surface area contributed by atoms with Gasteiger partial charge in [0.2, 0.25) is 0 Å². The molecule has 31 heavy (non-hydrogen) atoms. The summed E-state index contributed by atoms with van der Waals surface area (Å²) in [5.41, 5.74) is 0.874. The molecule has 0 atom stereocenters. The van der Waals surface area contributed by atoms with Crippen molar-refractivity contribution in [3.63, 3.8) is 0 Å². The van der Waals surface area contributed by atoms with Crippen LogP contribution in [0, 0.1) is 0 Å². The first-order chi connectivity index (χ1) is 14.3. The molecule has 0 aliphatic heterocycles. The number of halogens is 1. The number of amides is 1. The summed E-state index contributed by atoms with van der Waals surface area (Å²) in [7, 11) is 0. The molecule has 2 aromatic heterocycles. The van der Waals surface area contributed by atoms with Gasteiger partial charge in [-0.2, -0.15) is 0 Å². The fraction of sp³-hybridized carbons (Fsp3) is 0.318. The third-order valence-corrected chi connectivity index (χ3v) is 4.51. The van der Waals surface area contributed by atoms with Gasteiger partial charge in [-0.1, -0.05) is 30.1 Å². The minimum atomic E-state index is -0.509. The molecule has 0 bridgehead atoms. The van der Waals surface area contributed by atoms with Crippen LogP contribution in [-0.2, 0) is 25.8 Å². The van der Waals surface area contributed by atoms with Gasteiger partial charge in [-0.15, -0.1) is 0 Å². The normalized spacial score (nSPS) is 10.8. The predicted octanol–water partition coefficient (Wildman–Crippen LogP) is 6.02. The molecule has 9 heteroatoms. The van der Waals surface area contributed by atoms with Crippen molar-refractivity contribution in [1.29, 1.82) is 0 Å². The maximum absolute atomic E-state index is 11.6. The van der Waals surface area contributed by atoms with E-state index in [-0.39, 0.29) is 21.1 Å². The number of nitrogens with one attached hydrogen (secondary N) is 1. The van der Waals surface area contributed by atoms with Crippen molar-refractivity contribution in [3.05, 3.63) is 58.5 Å². The average molecular weight is 656 g/mol. The van der Waals surface area contributed by atoms with Crippen LogP contribution in [-0.4, -0.2) is 34.8 Å². The molecule has 0 fully saturated rings. The molecule has 2 heterocycles. The standard InChI is InChI=1S/C22H25BrN4O3.W/c1-22(2,3)30-21(28)25-12-5-13-29-18-14-16(8-9-17(18)23)26-19-10-7-15-6-4-11-24-20(15)27-19;/h4,6-11,14H,5,12-13H2,1-3H3,(H2,24,25,26,27,28);/p-1. The van der Waals surface area contributed by atoms with E-state index in [0.29, 0.717) is 36.8 Å². The molecule has 0 unspecified atom stereocenters. The third-order valence-electron chi connectivity index (χ3n) is 3.85. The van der Waals surface area contributed by atoms with Crippen LogP contribution in [0.25, 0.3) is 16.4 Å². The number of carbonyl (C=O) groups excluding carboxylic acids is 1. The molecule has 0 saturated carbocycles. The fourth-order valence-corrected chi connectivity index (χ4v) is 2.93. The molecule has 164 valence electrons. The van der Waals surface area contributed by atoms with E-state index in [1.807, 2.05) is 63.2 Å². The number of carbonyl (C=O) groups is 1. The van der Waals surface area contributed by atoms with Crippen LogP contribution in [0.4, 0.5) is 16.3 Å². The number of benzene rings is 1. The van der Waals surface area contributed by atoms with Crippen molar-refractivity contribution in [1.82, 2.24) is 15.3 Å². The Labute approximate surface area is 204 Å². The summed E-state index contributed by atoms with van der Waals surface area (Å²) in [6.45, 7) is 6.39. The van der Waals surface area contributed by atoms with Crippen LogP contribution in [0.15, 0.2) is 53.1 Å². The number of ether oxygens (including phenoxy) is 2. The molecule has 0 radical (unpaired) electrons. The molecular formula is C22H24BrN4O3W-. The second-order valence-electron chi connectivity index (χ2n) is 7.58. The zero-order valence-electron chi connectivity index (χ0n) is 17.6. The van der Waals surface area contributed by atoms with Gasteiger partial charge in [0.15, 0.2) is 0 Å². The van der Waals surface area contributed by atoms with E-state index in [0.717, 1.165) is 15.5 Å². The number of pyridine rings is 2. The van der Waals surface area contributed by atoms with Crippen molar-refractivity contribution in [2.45, 2.75) is 32.8 Å². The summed E-state index contributed by atoms with van der Waals surface area (Å²) in [6, 6.07) is 13.2. The number of rotatable bonds is 7. The maximum Gasteiger partial charge on any atom is 0.407 e. The molecular weight excluding hydrogens is 632 g/mol. The first kappa shape index (κ1) is 25.1. The van der Waals surface area contributed by atoms with Crippen LogP contribution in [0.3, 0.4) is 0 Å². The van der Waals surface area contributed by atoms with Crippen molar-refractivity contribution < 1.29 is 35.3 Å². The molecule has 3 rings (SSSR count). The summed E-state index contributed by atoms with van der Waals surface area (Å²) in [6.07, 6.45) is 1.93. The Bertz CT molecular complexity index is 1030. The van der Waals surface area contributed by atoms with Gasteiger partial charge in [0.05, 0.1) is 16.7 Å². The van der Waals surface area contributed by atoms with E-state index in [4.69, 9.17) is 9.47 Å². The number of nitrogens with zero attached hydrogens (tertiary/aromatic N) is 3. The third kappa shape index (κ3) is 8.11. The van der Waals surface area contributed by atoms with Gasteiger partial charge in [0.1, 0.15) is 11.4 Å². The van der Waals surface area contributed by atoms with Gasteiger partial charge in [0, 0.05) is 33.8 Å². The van der Waals surface area contributed by atoms with E-state index in [1.165, 1.54) is 0 Å². The fourth-order valence-electron chi connectivity index (χ4n) is 2.57. The Morgan fingerprint density at radius 2 is 2.00 bits per heavy atom. The first-order valence-electron chi connectivity index (χ1n) is 9.63. The summed E-state index contributed by atoms with van der Waals surface area (Å²) in [5, 5.41) is 8.25. The molecule has 0 aliphatic rings. The van der Waals surface area contributed by atoms with Gasteiger partial charge in [-0.25, -0.2) is 4.79 Å². The summed E-state index contributed by atoms with van der Waals surface area (Å²) in [4.78, 5) is 20.4. The van der Waals surface area contributed by atoms with Gasteiger partial charge in [-0.05, 0) is 72.4 Å².